The summed E-state index contributed by atoms with van der Waals surface area (Å²) in [5, 5.41) is 11.4. The molecule has 0 aliphatic carbocycles. The molecule has 2 N–H and O–H groups in total. The molecule has 0 unspecified atom stereocenters. The van der Waals surface area contributed by atoms with E-state index in [-0.39, 0.29) is 24.1 Å². The Kier molecular flexibility index (Phi) is 5.43. The zero-order valence-electron chi connectivity index (χ0n) is 15.3. The molecule has 0 amide bonds. The summed E-state index contributed by atoms with van der Waals surface area (Å²) in [5.41, 5.74) is 4.74. The standard InChI is InChI=1S/C19H16FN5O3S/c1-11(12-2-5-14(20)6-3-12)22-23-18-21-19(25-24-18)29-9-15(26)13-4-7-16-17(8-13)28-10-27-16/h2-8H,9-10H2,1H3,(H2,21,23,24,25)/b22-11+. The molecule has 3 aromatic rings. The van der Waals surface area contributed by atoms with Gasteiger partial charge in [0, 0.05) is 5.56 Å². The second-order valence-corrected chi connectivity index (χ2v) is 7.00. The van der Waals surface area contributed by atoms with Gasteiger partial charge in [0.1, 0.15) is 5.82 Å². The number of aromatic nitrogens is 3. The van der Waals surface area contributed by atoms with Crippen LogP contribution in [0.25, 0.3) is 0 Å². The maximum atomic E-state index is 13.0. The number of halogens is 1. The molecule has 0 bridgehead atoms. The average Bonchev–Trinajstić information content (AvgIpc) is 3.39. The second kappa shape index (κ2) is 8.31. The summed E-state index contributed by atoms with van der Waals surface area (Å²) in [7, 11) is 0. The van der Waals surface area contributed by atoms with Crippen molar-refractivity contribution in [2.45, 2.75) is 12.1 Å². The van der Waals surface area contributed by atoms with E-state index in [1.54, 1.807) is 37.3 Å². The number of carbonyl (C=O) groups excluding carboxylic acids is 1. The van der Waals surface area contributed by atoms with Crippen molar-refractivity contribution in [1.29, 1.82) is 0 Å². The van der Waals surface area contributed by atoms with Crippen molar-refractivity contribution >= 4 is 29.2 Å². The predicted octanol–water partition coefficient (Wildman–Crippen LogP) is 3.48. The van der Waals surface area contributed by atoms with Crippen LogP contribution < -0.4 is 14.9 Å². The Morgan fingerprint density at radius 2 is 1.97 bits per heavy atom. The van der Waals surface area contributed by atoms with Crippen molar-refractivity contribution in [3.05, 3.63) is 59.4 Å². The summed E-state index contributed by atoms with van der Waals surface area (Å²) in [6.07, 6.45) is 0. The van der Waals surface area contributed by atoms with Crippen LogP contribution in [0, 0.1) is 5.82 Å². The van der Waals surface area contributed by atoms with Crippen LogP contribution in [0.4, 0.5) is 10.3 Å². The molecule has 0 atom stereocenters. The first-order valence-corrected chi connectivity index (χ1v) is 9.61. The number of ether oxygens (including phenoxy) is 2. The van der Waals surface area contributed by atoms with Crippen LogP contribution in [-0.2, 0) is 0 Å². The summed E-state index contributed by atoms with van der Waals surface area (Å²) in [6.45, 7) is 1.95. The van der Waals surface area contributed by atoms with Crippen LogP contribution in [-0.4, -0.2) is 39.2 Å². The van der Waals surface area contributed by atoms with Crippen LogP contribution in [0.15, 0.2) is 52.7 Å². The van der Waals surface area contributed by atoms with Gasteiger partial charge in [0.05, 0.1) is 11.5 Å². The van der Waals surface area contributed by atoms with Crippen LogP contribution >= 0.6 is 11.8 Å². The van der Waals surface area contributed by atoms with Crippen molar-refractivity contribution < 1.29 is 18.7 Å². The summed E-state index contributed by atoms with van der Waals surface area (Å²) < 4.78 is 23.5. The Morgan fingerprint density at radius 3 is 2.79 bits per heavy atom. The lowest BCUT2D eigenvalue weighted by atomic mass is 10.1. The number of thioether (sulfide) groups is 1. The first-order valence-electron chi connectivity index (χ1n) is 8.63. The van der Waals surface area contributed by atoms with Crippen molar-refractivity contribution in [2.24, 2.45) is 5.10 Å². The van der Waals surface area contributed by atoms with Crippen molar-refractivity contribution in [1.82, 2.24) is 15.2 Å². The van der Waals surface area contributed by atoms with Gasteiger partial charge in [0.15, 0.2) is 17.3 Å². The number of aromatic amines is 1. The zero-order chi connectivity index (χ0) is 20.2. The number of Topliss-reactive ketones (excluding diaryl/α,β-unsaturated/α-hetero) is 1. The molecule has 2 heterocycles. The Morgan fingerprint density at radius 1 is 1.21 bits per heavy atom. The van der Waals surface area contributed by atoms with Crippen molar-refractivity contribution in [3.8, 4) is 11.5 Å². The molecule has 10 heteroatoms. The van der Waals surface area contributed by atoms with Gasteiger partial charge < -0.3 is 9.47 Å². The molecule has 0 radical (unpaired) electrons. The summed E-state index contributed by atoms with van der Waals surface area (Å²) in [5.74, 6) is 1.34. The van der Waals surface area contributed by atoms with E-state index >= 15 is 0 Å². The molecular formula is C19H16FN5O3S. The van der Waals surface area contributed by atoms with Gasteiger partial charge in [-0.25, -0.2) is 14.9 Å². The molecule has 29 heavy (non-hydrogen) atoms. The van der Waals surface area contributed by atoms with E-state index in [0.29, 0.717) is 33.9 Å². The molecule has 0 spiro atoms. The highest BCUT2D eigenvalue weighted by atomic mass is 32.2. The lowest BCUT2D eigenvalue weighted by Gasteiger charge is -2.01. The van der Waals surface area contributed by atoms with E-state index < -0.39 is 0 Å². The van der Waals surface area contributed by atoms with Gasteiger partial charge in [-0.15, -0.1) is 5.10 Å². The summed E-state index contributed by atoms with van der Waals surface area (Å²) in [4.78, 5) is 16.6. The molecule has 0 fully saturated rings. The number of hydrogen-bond acceptors (Lipinski definition) is 8. The number of nitrogens with zero attached hydrogens (tertiary/aromatic N) is 3. The molecule has 4 rings (SSSR count). The number of rotatable bonds is 7. The van der Waals surface area contributed by atoms with Crippen LogP contribution in [0.2, 0.25) is 0 Å². The van der Waals surface area contributed by atoms with E-state index in [2.05, 4.69) is 25.7 Å². The largest absolute Gasteiger partial charge is 0.454 e. The molecule has 148 valence electrons. The van der Waals surface area contributed by atoms with Gasteiger partial charge in [-0.1, -0.05) is 23.9 Å². The molecule has 1 aliphatic heterocycles. The van der Waals surface area contributed by atoms with Gasteiger partial charge >= 0.3 is 0 Å². The van der Waals surface area contributed by atoms with Crippen molar-refractivity contribution in [3.63, 3.8) is 0 Å². The second-order valence-electron chi connectivity index (χ2n) is 6.06. The maximum absolute atomic E-state index is 13.0. The van der Waals surface area contributed by atoms with Gasteiger partial charge in [0.2, 0.25) is 17.9 Å². The van der Waals surface area contributed by atoms with E-state index in [0.717, 1.165) is 5.56 Å². The summed E-state index contributed by atoms with van der Waals surface area (Å²) in [6, 6.07) is 11.1. The fourth-order valence-electron chi connectivity index (χ4n) is 2.54. The highest BCUT2D eigenvalue weighted by Gasteiger charge is 2.17. The third-order valence-electron chi connectivity index (χ3n) is 4.08. The third-order valence-corrected chi connectivity index (χ3v) is 4.93. The smallest absolute Gasteiger partial charge is 0.240 e. The lowest BCUT2D eigenvalue weighted by Crippen LogP contribution is -2.02. The van der Waals surface area contributed by atoms with Crippen molar-refractivity contribution in [2.75, 3.05) is 18.0 Å². The molecule has 2 aromatic carbocycles. The fraction of sp³-hybridized carbons (Fsp3) is 0.158. The molecule has 0 saturated heterocycles. The minimum atomic E-state index is -0.304. The number of benzene rings is 2. The first-order chi connectivity index (χ1) is 14.1. The van der Waals surface area contributed by atoms with Gasteiger partial charge in [0.25, 0.3) is 0 Å². The van der Waals surface area contributed by atoms with Crippen LogP contribution in [0.3, 0.4) is 0 Å². The SMILES string of the molecule is C/C(=N\Nc1nc(SCC(=O)c2ccc3c(c2)OCO3)n[nH]1)c1ccc(F)cc1. The van der Waals surface area contributed by atoms with E-state index in [1.165, 1.54) is 23.9 Å². The zero-order valence-corrected chi connectivity index (χ0v) is 16.1. The van der Waals surface area contributed by atoms with E-state index in [4.69, 9.17) is 9.47 Å². The van der Waals surface area contributed by atoms with Gasteiger partial charge in [-0.05, 0) is 42.8 Å². The topological polar surface area (TPSA) is 101 Å². The fourth-order valence-corrected chi connectivity index (χ4v) is 3.23. The Labute approximate surface area is 169 Å². The number of H-pyrrole nitrogens is 1. The van der Waals surface area contributed by atoms with Gasteiger partial charge in [-0.3, -0.25) is 4.79 Å². The minimum Gasteiger partial charge on any atom is -0.454 e. The minimum absolute atomic E-state index is 0.0715. The monoisotopic (exact) mass is 413 g/mol. The highest BCUT2D eigenvalue weighted by molar-refractivity contribution is 7.99. The third kappa shape index (κ3) is 4.54. The number of nitrogens with one attached hydrogen (secondary N) is 2. The number of fused-ring (bicyclic) bond motifs is 1. The van der Waals surface area contributed by atoms with Crippen LogP contribution in [0.1, 0.15) is 22.8 Å². The number of hydrogen-bond donors (Lipinski definition) is 2. The molecule has 0 saturated carbocycles. The normalized spacial score (nSPS) is 12.8. The Balaban J connectivity index is 1.32. The van der Waals surface area contributed by atoms with E-state index in [1.807, 2.05) is 0 Å². The predicted molar refractivity (Wildman–Crippen MR) is 106 cm³/mol. The average molecular weight is 413 g/mol. The molecule has 1 aromatic heterocycles. The van der Waals surface area contributed by atoms with Gasteiger partial charge in [-0.2, -0.15) is 10.1 Å². The number of ketones is 1. The highest BCUT2D eigenvalue weighted by Crippen LogP contribution is 2.33. The molecule has 1 aliphatic rings. The maximum Gasteiger partial charge on any atom is 0.240 e. The lowest BCUT2D eigenvalue weighted by molar-refractivity contribution is 0.102. The Bertz CT molecular complexity index is 1070. The van der Waals surface area contributed by atoms with E-state index in [9.17, 15) is 9.18 Å². The number of anilines is 1. The number of carbonyl (C=O) groups is 1. The summed E-state index contributed by atoms with van der Waals surface area (Å²) >= 11 is 1.20. The number of hydrazone groups is 1. The first kappa shape index (κ1) is 18.9. The quantitative estimate of drug-likeness (QED) is 0.265. The molecular weight excluding hydrogens is 397 g/mol. The van der Waals surface area contributed by atoms with Crippen LogP contribution in [0.5, 0.6) is 11.5 Å². The molecule has 8 nitrogen and oxygen atoms in total. The Hall–Kier alpha value is -3.40.